The van der Waals surface area contributed by atoms with Crippen molar-refractivity contribution in [3.63, 3.8) is 0 Å². The molecule has 0 atom stereocenters. The fraction of sp³-hybridized carbons (Fsp3) is 0.273. The van der Waals surface area contributed by atoms with Crippen LogP contribution in [0.15, 0.2) is 22.6 Å². The van der Waals surface area contributed by atoms with Gasteiger partial charge in [0.05, 0.1) is 13.5 Å². The fourth-order valence-electron chi connectivity index (χ4n) is 1.45. The van der Waals surface area contributed by atoms with Crippen LogP contribution in [0, 0.1) is 0 Å². The van der Waals surface area contributed by atoms with Gasteiger partial charge in [-0.3, -0.25) is 4.79 Å². The molecule has 0 aliphatic rings. The first kappa shape index (κ1) is 10.5. The van der Waals surface area contributed by atoms with Crippen molar-refractivity contribution in [3.05, 3.63) is 24.1 Å². The van der Waals surface area contributed by atoms with E-state index in [-0.39, 0.29) is 12.8 Å². The molecule has 0 bridgehead atoms. The number of carboxylic acid groups (broad SMARTS) is 1. The number of hydrogen-bond donors (Lipinski definition) is 1. The van der Waals surface area contributed by atoms with Crippen LogP contribution in [0.25, 0.3) is 11.1 Å². The first-order valence-corrected chi connectivity index (χ1v) is 4.85. The molecule has 5 nitrogen and oxygen atoms in total. The lowest BCUT2D eigenvalue weighted by atomic mass is 10.3. The number of benzene rings is 1. The molecule has 1 N–H and O–H groups in total. The van der Waals surface area contributed by atoms with Gasteiger partial charge in [0.1, 0.15) is 5.75 Å². The molecule has 2 aromatic rings. The Labute approximate surface area is 91.7 Å². The van der Waals surface area contributed by atoms with E-state index in [1.54, 1.807) is 25.3 Å². The minimum absolute atomic E-state index is 0.00906. The summed E-state index contributed by atoms with van der Waals surface area (Å²) in [5.74, 6) is 0.180. The molecule has 1 heterocycles. The first-order valence-electron chi connectivity index (χ1n) is 4.85. The molecule has 5 heteroatoms. The summed E-state index contributed by atoms with van der Waals surface area (Å²) in [4.78, 5) is 14.6. The fourth-order valence-corrected chi connectivity index (χ4v) is 1.45. The second-order valence-corrected chi connectivity index (χ2v) is 3.31. The predicted octanol–water partition coefficient (Wildman–Crippen LogP) is 1.85. The van der Waals surface area contributed by atoms with E-state index in [2.05, 4.69) is 4.98 Å². The summed E-state index contributed by atoms with van der Waals surface area (Å²) < 4.78 is 10.5. The molecule has 2 rings (SSSR count). The van der Waals surface area contributed by atoms with E-state index in [1.165, 1.54) is 0 Å². The zero-order valence-electron chi connectivity index (χ0n) is 8.77. The summed E-state index contributed by atoms with van der Waals surface area (Å²) in [7, 11) is 1.56. The number of carbonyl (C=O) groups is 1. The number of hydrogen-bond acceptors (Lipinski definition) is 4. The largest absolute Gasteiger partial charge is 0.494 e. The van der Waals surface area contributed by atoms with Gasteiger partial charge < -0.3 is 14.3 Å². The maximum atomic E-state index is 10.4. The van der Waals surface area contributed by atoms with Gasteiger partial charge in [0, 0.05) is 6.42 Å². The zero-order chi connectivity index (χ0) is 11.5. The van der Waals surface area contributed by atoms with Crippen molar-refractivity contribution >= 4 is 17.1 Å². The van der Waals surface area contributed by atoms with Crippen LogP contribution in [0.5, 0.6) is 5.75 Å². The van der Waals surface area contributed by atoms with Gasteiger partial charge in [-0.2, -0.15) is 0 Å². The molecule has 0 saturated heterocycles. The van der Waals surface area contributed by atoms with Crippen molar-refractivity contribution in [2.75, 3.05) is 7.11 Å². The average Bonchev–Trinajstić information content (AvgIpc) is 2.68. The van der Waals surface area contributed by atoms with Crippen LogP contribution < -0.4 is 4.74 Å². The molecular formula is C11H11NO4. The summed E-state index contributed by atoms with van der Waals surface area (Å²) in [6, 6.07) is 5.36. The SMILES string of the molecule is COc1cccc2oc(CCC(=O)O)nc12. The molecule has 0 unspecified atom stereocenters. The van der Waals surface area contributed by atoms with Crippen LogP contribution >= 0.6 is 0 Å². The number of carboxylic acids is 1. The molecule has 1 aromatic heterocycles. The number of aryl methyl sites for hydroxylation is 1. The van der Waals surface area contributed by atoms with Crippen molar-refractivity contribution in [2.24, 2.45) is 0 Å². The molecular weight excluding hydrogens is 210 g/mol. The molecule has 0 aliphatic carbocycles. The van der Waals surface area contributed by atoms with Crippen molar-refractivity contribution in [1.82, 2.24) is 4.98 Å². The topological polar surface area (TPSA) is 72.6 Å². The van der Waals surface area contributed by atoms with E-state index in [9.17, 15) is 4.79 Å². The highest BCUT2D eigenvalue weighted by Gasteiger charge is 2.10. The first-order chi connectivity index (χ1) is 7.70. The molecule has 1 aromatic carbocycles. The van der Waals surface area contributed by atoms with Crippen LogP contribution in [0.2, 0.25) is 0 Å². The highest BCUT2D eigenvalue weighted by molar-refractivity contribution is 5.79. The lowest BCUT2D eigenvalue weighted by molar-refractivity contribution is -0.137. The van der Waals surface area contributed by atoms with E-state index in [0.717, 1.165) is 0 Å². The molecule has 16 heavy (non-hydrogen) atoms. The Hall–Kier alpha value is -2.04. The van der Waals surface area contributed by atoms with Gasteiger partial charge in [-0.15, -0.1) is 0 Å². The molecule has 0 aliphatic heterocycles. The zero-order valence-corrected chi connectivity index (χ0v) is 8.77. The van der Waals surface area contributed by atoms with Gasteiger partial charge in [-0.05, 0) is 12.1 Å². The second kappa shape index (κ2) is 4.22. The Morgan fingerprint density at radius 3 is 3.06 bits per heavy atom. The second-order valence-electron chi connectivity index (χ2n) is 3.31. The molecule has 0 spiro atoms. The molecule has 0 fully saturated rings. The van der Waals surface area contributed by atoms with Crippen molar-refractivity contribution in [1.29, 1.82) is 0 Å². The molecule has 0 amide bonds. The number of ether oxygens (including phenoxy) is 1. The van der Waals surface area contributed by atoms with Gasteiger partial charge in [-0.25, -0.2) is 4.98 Å². The number of aromatic nitrogens is 1. The Bertz CT molecular complexity index is 518. The third-order valence-electron chi connectivity index (χ3n) is 2.20. The number of oxazole rings is 1. The Balaban J connectivity index is 2.32. The van der Waals surface area contributed by atoms with Crippen molar-refractivity contribution in [2.45, 2.75) is 12.8 Å². The number of fused-ring (bicyclic) bond motifs is 1. The maximum Gasteiger partial charge on any atom is 0.303 e. The lowest BCUT2D eigenvalue weighted by Crippen LogP contribution is -1.97. The van der Waals surface area contributed by atoms with Crippen LogP contribution in [0.3, 0.4) is 0 Å². The van der Waals surface area contributed by atoms with E-state index in [0.29, 0.717) is 22.7 Å². The quantitative estimate of drug-likeness (QED) is 0.852. The Kier molecular flexibility index (Phi) is 2.76. The van der Waals surface area contributed by atoms with Gasteiger partial charge in [0.2, 0.25) is 0 Å². The third-order valence-corrected chi connectivity index (χ3v) is 2.20. The maximum absolute atomic E-state index is 10.4. The predicted molar refractivity (Wildman–Crippen MR) is 56.5 cm³/mol. The number of methoxy groups -OCH3 is 1. The molecule has 0 radical (unpaired) electrons. The summed E-state index contributed by atoms with van der Waals surface area (Å²) in [5, 5.41) is 8.56. The normalized spacial score (nSPS) is 10.6. The van der Waals surface area contributed by atoms with Crippen LogP contribution in [-0.2, 0) is 11.2 Å². The third kappa shape index (κ3) is 1.98. The average molecular weight is 221 g/mol. The van der Waals surface area contributed by atoms with Gasteiger partial charge >= 0.3 is 5.97 Å². The van der Waals surface area contributed by atoms with Gasteiger partial charge in [-0.1, -0.05) is 6.07 Å². The minimum Gasteiger partial charge on any atom is -0.494 e. The Morgan fingerprint density at radius 1 is 1.56 bits per heavy atom. The van der Waals surface area contributed by atoms with Crippen LogP contribution in [0.4, 0.5) is 0 Å². The van der Waals surface area contributed by atoms with Crippen LogP contribution in [-0.4, -0.2) is 23.2 Å². The smallest absolute Gasteiger partial charge is 0.303 e. The number of para-hydroxylation sites is 1. The lowest BCUT2D eigenvalue weighted by Gasteiger charge is -1.96. The van der Waals surface area contributed by atoms with Crippen molar-refractivity contribution in [3.8, 4) is 5.75 Å². The van der Waals surface area contributed by atoms with Crippen LogP contribution in [0.1, 0.15) is 12.3 Å². The summed E-state index contributed by atoms with van der Waals surface area (Å²) in [6.07, 6.45) is 0.294. The van der Waals surface area contributed by atoms with Crippen molar-refractivity contribution < 1.29 is 19.1 Å². The van der Waals surface area contributed by atoms with E-state index in [4.69, 9.17) is 14.3 Å². The van der Waals surface area contributed by atoms with Gasteiger partial charge in [0.25, 0.3) is 0 Å². The standard InChI is InChI=1S/C11H11NO4/c1-15-7-3-2-4-8-11(7)12-9(16-8)5-6-10(13)14/h2-4H,5-6H2,1H3,(H,13,14). The summed E-state index contributed by atoms with van der Waals surface area (Å²) >= 11 is 0. The highest BCUT2D eigenvalue weighted by atomic mass is 16.5. The van der Waals surface area contributed by atoms with E-state index in [1.807, 2.05) is 0 Å². The van der Waals surface area contributed by atoms with Gasteiger partial charge in [0.15, 0.2) is 17.0 Å². The number of aliphatic carboxylic acids is 1. The minimum atomic E-state index is -0.866. The highest BCUT2D eigenvalue weighted by Crippen LogP contribution is 2.25. The van der Waals surface area contributed by atoms with E-state index >= 15 is 0 Å². The monoisotopic (exact) mass is 221 g/mol. The summed E-state index contributed by atoms with van der Waals surface area (Å²) in [6.45, 7) is 0. The molecule has 0 saturated carbocycles. The number of rotatable bonds is 4. The number of nitrogens with zero attached hydrogens (tertiary/aromatic N) is 1. The van der Waals surface area contributed by atoms with E-state index < -0.39 is 5.97 Å². The summed E-state index contributed by atoms with van der Waals surface area (Å²) in [5.41, 5.74) is 1.24. The molecule has 84 valence electrons. The Morgan fingerprint density at radius 2 is 2.38 bits per heavy atom.